The zero-order valence-electron chi connectivity index (χ0n) is 15.2. The van der Waals surface area contributed by atoms with Crippen LogP contribution in [0.4, 0.5) is 0 Å². The molecule has 0 aromatic carbocycles. The van der Waals surface area contributed by atoms with Crippen molar-refractivity contribution in [3.63, 3.8) is 0 Å². The summed E-state index contributed by atoms with van der Waals surface area (Å²) in [6.45, 7) is 3.93. The summed E-state index contributed by atoms with van der Waals surface area (Å²) >= 11 is 1.31. The second-order valence-electron chi connectivity index (χ2n) is 5.80. The van der Waals surface area contributed by atoms with Crippen molar-refractivity contribution in [2.24, 2.45) is 14.1 Å². The molecule has 0 bridgehead atoms. The first-order valence-electron chi connectivity index (χ1n) is 8.19. The van der Waals surface area contributed by atoms with Crippen LogP contribution < -0.4 is 11.2 Å². The molecule has 2 rings (SSSR count). The van der Waals surface area contributed by atoms with Gasteiger partial charge in [-0.25, -0.2) is 9.78 Å². The number of esters is 1. The topological polar surface area (TPSA) is 83.2 Å². The summed E-state index contributed by atoms with van der Waals surface area (Å²) < 4.78 is 7.30. The molecule has 0 spiro atoms. The Kier molecular flexibility index (Phi) is 6.05. The Balaban J connectivity index is 2.82. The van der Waals surface area contributed by atoms with E-state index in [2.05, 4.69) is 4.98 Å². The highest BCUT2D eigenvalue weighted by Gasteiger charge is 2.24. The van der Waals surface area contributed by atoms with Crippen LogP contribution in [0.15, 0.2) is 20.7 Å². The molecule has 25 heavy (non-hydrogen) atoms. The monoisotopic (exact) mass is 365 g/mol. The summed E-state index contributed by atoms with van der Waals surface area (Å²) in [6.07, 6.45) is 3.87. The average molecular weight is 365 g/mol. The number of fused-ring (bicyclic) bond motifs is 1. The molecule has 1 unspecified atom stereocenters. The van der Waals surface area contributed by atoms with Gasteiger partial charge in [0.25, 0.3) is 5.56 Å². The minimum atomic E-state index is -0.427. The van der Waals surface area contributed by atoms with Gasteiger partial charge >= 0.3 is 11.7 Å². The number of thioether (sulfide) groups is 1. The van der Waals surface area contributed by atoms with Crippen molar-refractivity contribution in [3.05, 3.63) is 32.6 Å². The fraction of sp³-hybridized carbons (Fsp3) is 0.529. The lowest BCUT2D eigenvalue weighted by Crippen LogP contribution is -2.37. The highest BCUT2D eigenvalue weighted by Crippen LogP contribution is 2.33. The van der Waals surface area contributed by atoms with Crippen LogP contribution in [-0.2, 0) is 30.0 Å². The number of aryl methyl sites for hydroxylation is 2. The van der Waals surface area contributed by atoms with E-state index in [9.17, 15) is 14.4 Å². The molecule has 0 saturated carbocycles. The SMILES string of the molecule is CCCc1cnc2c(c1SC(CC)C(=O)OC)c(=O)n(C)c(=O)n2C. The Hall–Kier alpha value is -2.09. The first-order chi connectivity index (χ1) is 11.9. The van der Waals surface area contributed by atoms with E-state index in [1.165, 1.54) is 30.5 Å². The van der Waals surface area contributed by atoms with Crippen molar-refractivity contribution < 1.29 is 9.53 Å². The smallest absolute Gasteiger partial charge is 0.332 e. The third-order valence-electron chi connectivity index (χ3n) is 4.11. The molecule has 0 saturated heterocycles. The summed E-state index contributed by atoms with van der Waals surface area (Å²) in [5.74, 6) is -0.332. The number of ether oxygens (including phenoxy) is 1. The van der Waals surface area contributed by atoms with Gasteiger partial charge in [0.2, 0.25) is 0 Å². The molecule has 0 aliphatic heterocycles. The molecular formula is C17H23N3O4S. The molecule has 0 radical (unpaired) electrons. The number of pyridine rings is 1. The third kappa shape index (κ3) is 3.49. The Bertz CT molecular complexity index is 917. The van der Waals surface area contributed by atoms with Crippen LogP contribution in [-0.4, -0.2) is 32.4 Å². The van der Waals surface area contributed by atoms with E-state index in [0.29, 0.717) is 22.3 Å². The van der Waals surface area contributed by atoms with Gasteiger partial charge in [-0.15, -0.1) is 11.8 Å². The minimum absolute atomic E-state index is 0.329. The lowest BCUT2D eigenvalue weighted by molar-refractivity contribution is -0.140. The fourth-order valence-corrected chi connectivity index (χ4v) is 3.94. The fourth-order valence-electron chi connectivity index (χ4n) is 2.70. The van der Waals surface area contributed by atoms with E-state index in [0.717, 1.165) is 23.0 Å². The second-order valence-corrected chi connectivity index (χ2v) is 7.02. The Labute approximate surface area is 150 Å². The van der Waals surface area contributed by atoms with Gasteiger partial charge in [-0.05, 0) is 18.4 Å². The molecule has 2 aromatic heterocycles. The van der Waals surface area contributed by atoms with Crippen molar-refractivity contribution >= 4 is 28.8 Å². The van der Waals surface area contributed by atoms with Crippen LogP contribution in [0.5, 0.6) is 0 Å². The number of carbonyl (C=O) groups excluding carboxylic acids is 1. The van der Waals surface area contributed by atoms with Crippen molar-refractivity contribution in [1.29, 1.82) is 0 Å². The van der Waals surface area contributed by atoms with Gasteiger partial charge in [0.05, 0.1) is 12.5 Å². The van der Waals surface area contributed by atoms with Crippen LogP contribution in [0.2, 0.25) is 0 Å². The van der Waals surface area contributed by atoms with Gasteiger partial charge in [0.1, 0.15) is 10.9 Å². The largest absolute Gasteiger partial charge is 0.468 e. The molecule has 0 amide bonds. The number of rotatable bonds is 6. The molecule has 1 atom stereocenters. The Morgan fingerprint density at radius 2 is 1.96 bits per heavy atom. The number of carbonyl (C=O) groups is 1. The molecule has 0 N–H and O–H groups in total. The highest BCUT2D eigenvalue weighted by atomic mass is 32.2. The van der Waals surface area contributed by atoms with E-state index < -0.39 is 16.5 Å². The summed E-state index contributed by atoms with van der Waals surface area (Å²) in [4.78, 5) is 42.0. The zero-order valence-corrected chi connectivity index (χ0v) is 16.0. The van der Waals surface area contributed by atoms with Gasteiger partial charge in [-0.1, -0.05) is 20.3 Å². The van der Waals surface area contributed by atoms with Gasteiger partial charge in [0.15, 0.2) is 0 Å². The average Bonchev–Trinajstić information content (AvgIpc) is 2.62. The molecule has 7 nitrogen and oxygen atoms in total. The van der Waals surface area contributed by atoms with Crippen LogP contribution in [0.25, 0.3) is 11.0 Å². The molecule has 2 heterocycles. The van der Waals surface area contributed by atoms with Crippen LogP contribution in [0, 0.1) is 0 Å². The maximum Gasteiger partial charge on any atom is 0.332 e. The first-order valence-corrected chi connectivity index (χ1v) is 9.07. The second kappa shape index (κ2) is 7.86. The van der Waals surface area contributed by atoms with E-state index in [-0.39, 0.29) is 5.97 Å². The Morgan fingerprint density at radius 1 is 1.28 bits per heavy atom. The normalized spacial score (nSPS) is 12.4. The third-order valence-corrected chi connectivity index (χ3v) is 5.62. The standard InChI is InChI=1S/C17H23N3O4S/c1-6-8-10-9-18-14-12(15(21)20(4)17(23)19(14)3)13(10)25-11(7-2)16(22)24-5/h9,11H,6-8H2,1-5H3. The summed E-state index contributed by atoms with van der Waals surface area (Å²) in [5, 5.41) is -0.0453. The molecular weight excluding hydrogens is 342 g/mol. The van der Waals surface area contributed by atoms with E-state index in [1.807, 2.05) is 13.8 Å². The van der Waals surface area contributed by atoms with Crippen molar-refractivity contribution in [3.8, 4) is 0 Å². The van der Waals surface area contributed by atoms with Gasteiger partial charge in [-0.2, -0.15) is 0 Å². The molecule has 136 valence electrons. The number of aromatic nitrogens is 3. The Morgan fingerprint density at radius 3 is 2.52 bits per heavy atom. The van der Waals surface area contributed by atoms with Crippen LogP contribution in [0.1, 0.15) is 32.3 Å². The maximum atomic E-state index is 12.8. The van der Waals surface area contributed by atoms with Crippen LogP contribution >= 0.6 is 11.8 Å². The van der Waals surface area contributed by atoms with Crippen molar-refractivity contribution in [2.45, 2.75) is 43.3 Å². The highest BCUT2D eigenvalue weighted by molar-refractivity contribution is 8.00. The summed E-state index contributed by atoms with van der Waals surface area (Å²) in [6, 6.07) is 0. The lowest BCUT2D eigenvalue weighted by Gasteiger charge is -2.17. The van der Waals surface area contributed by atoms with Gasteiger partial charge < -0.3 is 4.74 Å². The van der Waals surface area contributed by atoms with Crippen molar-refractivity contribution in [1.82, 2.24) is 14.1 Å². The summed E-state index contributed by atoms with van der Waals surface area (Å²) in [5.41, 5.74) is 0.406. The first kappa shape index (κ1) is 19.2. The molecule has 0 aliphatic carbocycles. The molecule has 8 heteroatoms. The van der Waals surface area contributed by atoms with Crippen LogP contribution in [0.3, 0.4) is 0 Å². The number of nitrogens with zero attached hydrogens (tertiary/aromatic N) is 3. The van der Waals surface area contributed by atoms with Gasteiger partial charge in [0, 0.05) is 25.2 Å². The number of methoxy groups -OCH3 is 1. The summed E-state index contributed by atoms with van der Waals surface area (Å²) in [7, 11) is 4.39. The predicted octanol–water partition coefficient (Wildman–Crippen LogP) is 1.63. The van der Waals surface area contributed by atoms with Gasteiger partial charge in [-0.3, -0.25) is 18.7 Å². The zero-order chi connectivity index (χ0) is 18.7. The quantitative estimate of drug-likeness (QED) is 0.571. The minimum Gasteiger partial charge on any atom is -0.468 e. The lowest BCUT2D eigenvalue weighted by atomic mass is 10.1. The van der Waals surface area contributed by atoms with E-state index >= 15 is 0 Å². The van der Waals surface area contributed by atoms with E-state index in [4.69, 9.17) is 4.74 Å². The predicted molar refractivity (Wildman–Crippen MR) is 98.2 cm³/mol. The molecule has 2 aromatic rings. The number of hydrogen-bond acceptors (Lipinski definition) is 6. The van der Waals surface area contributed by atoms with E-state index in [1.54, 1.807) is 13.2 Å². The number of hydrogen-bond donors (Lipinski definition) is 0. The molecule has 0 fully saturated rings. The van der Waals surface area contributed by atoms with Crippen molar-refractivity contribution in [2.75, 3.05) is 7.11 Å². The molecule has 0 aliphatic rings. The maximum absolute atomic E-state index is 12.8.